The van der Waals surface area contributed by atoms with Gasteiger partial charge in [0.1, 0.15) is 0 Å². The number of rotatable bonds is 6. The van der Waals surface area contributed by atoms with E-state index in [0.29, 0.717) is 5.41 Å². The van der Waals surface area contributed by atoms with E-state index >= 15 is 0 Å². The number of hydrogen-bond donors (Lipinski definition) is 1. The Balaban J connectivity index is 1.94. The molecule has 0 aromatic heterocycles. The van der Waals surface area contributed by atoms with Crippen molar-refractivity contribution in [1.82, 2.24) is 10.2 Å². The van der Waals surface area contributed by atoms with Crippen LogP contribution in [-0.2, 0) is 0 Å². The summed E-state index contributed by atoms with van der Waals surface area (Å²) in [7, 11) is 2.36. The SMILES string of the molecule is CCCNC1CCC(C(C)(C)C)CC1CN(C)C1CCC1. The van der Waals surface area contributed by atoms with Gasteiger partial charge in [0.2, 0.25) is 0 Å². The summed E-state index contributed by atoms with van der Waals surface area (Å²) in [6.45, 7) is 12.1. The highest BCUT2D eigenvalue weighted by Gasteiger charge is 2.37. The van der Waals surface area contributed by atoms with Crippen LogP contribution in [0.2, 0.25) is 0 Å². The lowest BCUT2D eigenvalue weighted by Gasteiger charge is -2.45. The van der Waals surface area contributed by atoms with Gasteiger partial charge in [-0.15, -0.1) is 0 Å². The minimum absolute atomic E-state index is 0.475. The van der Waals surface area contributed by atoms with E-state index in [-0.39, 0.29) is 0 Å². The molecule has 2 heteroatoms. The smallest absolute Gasteiger partial charge is 0.0108 e. The second kappa shape index (κ2) is 7.46. The Morgan fingerprint density at radius 2 is 1.81 bits per heavy atom. The summed E-state index contributed by atoms with van der Waals surface area (Å²) in [5.74, 6) is 1.75. The fraction of sp³-hybridized carbons (Fsp3) is 1.00. The van der Waals surface area contributed by atoms with Crippen molar-refractivity contribution < 1.29 is 0 Å². The van der Waals surface area contributed by atoms with Crippen LogP contribution in [0.1, 0.15) is 72.6 Å². The lowest BCUT2D eigenvalue weighted by atomic mass is 9.67. The molecular formula is C19H38N2. The minimum Gasteiger partial charge on any atom is -0.314 e. The maximum atomic E-state index is 3.85. The number of nitrogens with zero attached hydrogens (tertiary/aromatic N) is 1. The van der Waals surface area contributed by atoms with Crippen LogP contribution in [0.5, 0.6) is 0 Å². The van der Waals surface area contributed by atoms with Gasteiger partial charge in [-0.25, -0.2) is 0 Å². The van der Waals surface area contributed by atoms with Crippen molar-refractivity contribution in [1.29, 1.82) is 0 Å². The second-order valence-electron chi connectivity index (χ2n) is 8.72. The van der Waals surface area contributed by atoms with Gasteiger partial charge >= 0.3 is 0 Å². The van der Waals surface area contributed by atoms with Crippen LogP contribution in [0.3, 0.4) is 0 Å². The van der Waals surface area contributed by atoms with E-state index in [1.54, 1.807) is 0 Å². The van der Waals surface area contributed by atoms with Crippen LogP contribution in [0.15, 0.2) is 0 Å². The molecule has 2 nitrogen and oxygen atoms in total. The topological polar surface area (TPSA) is 15.3 Å². The highest BCUT2D eigenvalue weighted by molar-refractivity contribution is 4.91. The van der Waals surface area contributed by atoms with Gasteiger partial charge in [-0.3, -0.25) is 0 Å². The van der Waals surface area contributed by atoms with Crippen LogP contribution in [-0.4, -0.2) is 37.1 Å². The Kier molecular flexibility index (Phi) is 6.14. The van der Waals surface area contributed by atoms with Crippen molar-refractivity contribution >= 4 is 0 Å². The Morgan fingerprint density at radius 1 is 1.10 bits per heavy atom. The highest BCUT2D eigenvalue weighted by atomic mass is 15.1. The maximum Gasteiger partial charge on any atom is 0.0108 e. The monoisotopic (exact) mass is 294 g/mol. The van der Waals surface area contributed by atoms with Crippen molar-refractivity contribution in [3.63, 3.8) is 0 Å². The molecule has 2 saturated carbocycles. The Hall–Kier alpha value is -0.0800. The van der Waals surface area contributed by atoms with E-state index < -0.39 is 0 Å². The molecule has 0 aromatic carbocycles. The third-order valence-corrected chi connectivity index (χ3v) is 6.08. The fourth-order valence-electron chi connectivity index (χ4n) is 4.20. The molecule has 2 aliphatic carbocycles. The van der Waals surface area contributed by atoms with Gasteiger partial charge in [0, 0.05) is 18.6 Å². The zero-order valence-electron chi connectivity index (χ0n) is 15.1. The third-order valence-electron chi connectivity index (χ3n) is 6.08. The number of hydrogen-bond acceptors (Lipinski definition) is 2. The maximum absolute atomic E-state index is 3.85. The average molecular weight is 295 g/mol. The molecule has 0 saturated heterocycles. The van der Waals surface area contributed by atoms with Crippen molar-refractivity contribution in [3.05, 3.63) is 0 Å². The second-order valence-corrected chi connectivity index (χ2v) is 8.72. The Morgan fingerprint density at radius 3 is 2.33 bits per heavy atom. The zero-order chi connectivity index (χ0) is 15.5. The molecule has 2 fully saturated rings. The lowest BCUT2D eigenvalue weighted by molar-refractivity contribution is 0.0675. The highest BCUT2D eigenvalue weighted by Crippen LogP contribution is 2.41. The summed E-state index contributed by atoms with van der Waals surface area (Å²) in [6, 6.07) is 1.64. The standard InChI is InChI=1S/C19H38N2/c1-6-12-20-18-11-10-16(19(2,3)4)13-15(18)14-21(5)17-8-7-9-17/h15-18,20H,6-14H2,1-5H3. The Bertz CT molecular complexity index is 303. The molecule has 0 spiro atoms. The molecule has 2 rings (SSSR count). The molecule has 2 aliphatic rings. The predicted molar refractivity (Wildman–Crippen MR) is 92.6 cm³/mol. The van der Waals surface area contributed by atoms with E-state index in [4.69, 9.17) is 0 Å². The van der Waals surface area contributed by atoms with E-state index in [2.05, 4.69) is 45.0 Å². The summed E-state index contributed by atoms with van der Waals surface area (Å²) in [5.41, 5.74) is 0.475. The van der Waals surface area contributed by atoms with Gasteiger partial charge in [-0.05, 0) is 69.4 Å². The quantitative estimate of drug-likeness (QED) is 0.785. The first-order valence-corrected chi connectivity index (χ1v) is 9.35. The van der Waals surface area contributed by atoms with Crippen LogP contribution in [0.25, 0.3) is 0 Å². The van der Waals surface area contributed by atoms with Gasteiger partial charge in [-0.2, -0.15) is 0 Å². The molecule has 0 aromatic rings. The summed E-state index contributed by atoms with van der Waals surface area (Å²) in [5, 5.41) is 3.85. The van der Waals surface area contributed by atoms with E-state index in [0.717, 1.165) is 23.9 Å². The molecule has 3 unspecified atom stereocenters. The van der Waals surface area contributed by atoms with Crippen LogP contribution in [0.4, 0.5) is 0 Å². The normalized spacial score (nSPS) is 31.4. The fourth-order valence-corrected chi connectivity index (χ4v) is 4.20. The van der Waals surface area contributed by atoms with Crippen molar-refractivity contribution in [2.45, 2.75) is 84.7 Å². The third kappa shape index (κ3) is 4.69. The molecule has 0 amide bonds. The molecule has 0 heterocycles. The summed E-state index contributed by atoms with van der Waals surface area (Å²) in [6.07, 6.45) is 9.77. The van der Waals surface area contributed by atoms with Crippen molar-refractivity contribution in [2.24, 2.45) is 17.3 Å². The minimum atomic E-state index is 0.475. The zero-order valence-corrected chi connectivity index (χ0v) is 15.1. The molecule has 21 heavy (non-hydrogen) atoms. The molecular weight excluding hydrogens is 256 g/mol. The van der Waals surface area contributed by atoms with E-state index in [1.165, 1.54) is 58.0 Å². The van der Waals surface area contributed by atoms with Crippen molar-refractivity contribution in [2.75, 3.05) is 20.1 Å². The average Bonchev–Trinajstić information content (AvgIpc) is 2.33. The Labute approximate surface area is 133 Å². The van der Waals surface area contributed by atoms with E-state index in [1.807, 2.05) is 0 Å². The lowest BCUT2D eigenvalue weighted by Crippen LogP contribution is -2.49. The predicted octanol–water partition coefficient (Wildman–Crippen LogP) is 4.30. The molecule has 124 valence electrons. The van der Waals surface area contributed by atoms with Crippen LogP contribution < -0.4 is 5.32 Å². The largest absolute Gasteiger partial charge is 0.314 e. The first-order valence-electron chi connectivity index (χ1n) is 9.35. The van der Waals surface area contributed by atoms with Gasteiger partial charge in [-0.1, -0.05) is 34.1 Å². The van der Waals surface area contributed by atoms with Gasteiger partial charge < -0.3 is 10.2 Å². The summed E-state index contributed by atoms with van der Waals surface area (Å²) in [4.78, 5) is 2.67. The van der Waals surface area contributed by atoms with Gasteiger partial charge in [0.15, 0.2) is 0 Å². The first kappa shape index (κ1) is 17.3. The number of nitrogens with one attached hydrogen (secondary N) is 1. The van der Waals surface area contributed by atoms with Crippen LogP contribution >= 0.6 is 0 Å². The summed E-state index contributed by atoms with van der Waals surface area (Å²) >= 11 is 0. The molecule has 0 bridgehead atoms. The van der Waals surface area contributed by atoms with Gasteiger partial charge in [0.25, 0.3) is 0 Å². The van der Waals surface area contributed by atoms with Crippen LogP contribution in [0, 0.1) is 17.3 Å². The first-order chi connectivity index (χ1) is 9.91. The molecule has 0 radical (unpaired) electrons. The molecule has 1 N–H and O–H groups in total. The van der Waals surface area contributed by atoms with Crippen molar-refractivity contribution in [3.8, 4) is 0 Å². The summed E-state index contributed by atoms with van der Waals surface area (Å²) < 4.78 is 0. The van der Waals surface area contributed by atoms with E-state index in [9.17, 15) is 0 Å². The molecule has 0 aliphatic heterocycles. The van der Waals surface area contributed by atoms with Gasteiger partial charge in [0.05, 0.1) is 0 Å². The molecule has 3 atom stereocenters.